The van der Waals surface area contributed by atoms with Crippen molar-refractivity contribution in [1.82, 2.24) is 0 Å². The van der Waals surface area contributed by atoms with Crippen molar-refractivity contribution in [2.45, 2.75) is 25.8 Å². The van der Waals surface area contributed by atoms with E-state index in [1.165, 1.54) is 6.07 Å². The highest BCUT2D eigenvalue weighted by Gasteiger charge is 2.13. The molecular formula is C12H16FNO. The van der Waals surface area contributed by atoms with Gasteiger partial charge in [0.05, 0.1) is 0 Å². The Morgan fingerprint density at radius 3 is 2.73 bits per heavy atom. The standard InChI is InChI=1S/C12H16FNO/c1-9-8-11(2-3-12(9)13)14-10-4-6-15-7-5-10/h2-3,8,10,14H,4-7H2,1H3. The van der Waals surface area contributed by atoms with Crippen LogP contribution in [0.1, 0.15) is 18.4 Å². The second-order valence-electron chi connectivity index (χ2n) is 3.99. The van der Waals surface area contributed by atoms with Crippen LogP contribution in [0.5, 0.6) is 0 Å². The Bertz CT molecular complexity index is 334. The van der Waals surface area contributed by atoms with Crippen LogP contribution in [-0.4, -0.2) is 19.3 Å². The van der Waals surface area contributed by atoms with Crippen LogP contribution in [0, 0.1) is 12.7 Å². The van der Waals surface area contributed by atoms with Crippen LogP contribution in [0.4, 0.5) is 10.1 Å². The first-order valence-corrected chi connectivity index (χ1v) is 5.36. The van der Waals surface area contributed by atoms with E-state index >= 15 is 0 Å². The summed E-state index contributed by atoms with van der Waals surface area (Å²) < 4.78 is 18.3. The van der Waals surface area contributed by atoms with E-state index in [4.69, 9.17) is 4.74 Å². The summed E-state index contributed by atoms with van der Waals surface area (Å²) in [5.41, 5.74) is 1.69. The first-order valence-electron chi connectivity index (χ1n) is 5.36. The molecule has 3 heteroatoms. The molecule has 0 unspecified atom stereocenters. The number of hydrogen-bond donors (Lipinski definition) is 1. The van der Waals surface area contributed by atoms with Crippen molar-refractivity contribution >= 4 is 5.69 Å². The van der Waals surface area contributed by atoms with Gasteiger partial charge in [-0.05, 0) is 43.5 Å². The van der Waals surface area contributed by atoms with Crippen LogP contribution in [0.25, 0.3) is 0 Å². The summed E-state index contributed by atoms with van der Waals surface area (Å²) in [6, 6.07) is 5.61. The Morgan fingerprint density at radius 2 is 2.07 bits per heavy atom. The van der Waals surface area contributed by atoms with Gasteiger partial charge in [-0.2, -0.15) is 0 Å². The topological polar surface area (TPSA) is 21.3 Å². The summed E-state index contributed by atoms with van der Waals surface area (Å²) in [6.07, 6.45) is 2.05. The lowest BCUT2D eigenvalue weighted by Gasteiger charge is -2.24. The lowest BCUT2D eigenvalue weighted by molar-refractivity contribution is 0.0904. The maximum atomic E-state index is 13.0. The number of anilines is 1. The Hall–Kier alpha value is -1.09. The minimum atomic E-state index is -0.146. The highest BCUT2D eigenvalue weighted by atomic mass is 19.1. The second kappa shape index (κ2) is 4.62. The molecule has 0 spiro atoms. The monoisotopic (exact) mass is 209 g/mol. The fourth-order valence-corrected chi connectivity index (χ4v) is 1.81. The van der Waals surface area contributed by atoms with Gasteiger partial charge in [0.1, 0.15) is 5.82 Å². The fourth-order valence-electron chi connectivity index (χ4n) is 1.81. The van der Waals surface area contributed by atoms with Gasteiger partial charge >= 0.3 is 0 Å². The van der Waals surface area contributed by atoms with Gasteiger partial charge in [0.15, 0.2) is 0 Å². The predicted molar refractivity (Wildman–Crippen MR) is 58.6 cm³/mol. The average molecular weight is 209 g/mol. The van der Waals surface area contributed by atoms with Crippen molar-refractivity contribution in [3.05, 3.63) is 29.6 Å². The average Bonchev–Trinajstić information content (AvgIpc) is 2.25. The van der Waals surface area contributed by atoms with Crippen molar-refractivity contribution in [3.8, 4) is 0 Å². The molecule has 1 aromatic carbocycles. The van der Waals surface area contributed by atoms with E-state index in [1.807, 2.05) is 6.07 Å². The summed E-state index contributed by atoms with van der Waals surface area (Å²) in [5.74, 6) is -0.146. The largest absolute Gasteiger partial charge is 0.382 e. The van der Waals surface area contributed by atoms with E-state index in [0.717, 1.165) is 31.7 Å². The van der Waals surface area contributed by atoms with E-state index in [9.17, 15) is 4.39 Å². The van der Waals surface area contributed by atoms with Crippen LogP contribution in [0.15, 0.2) is 18.2 Å². The molecule has 1 fully saturated rings. The molecule has 0 aromatic heterocycles. The SMILES string of the molecule is Cc1cc(NC2CCOCC2)ccc1F. The number of aryl methyl sites for hydroxylation is 1. The summed E-state index contributed by atoms with van der Waals surface area (Å²) in [7, 11) is 0. The quantitative estimate of drug-likeness (QED) is 0.808. The predicted octanol–water partition coefficient (Wildman–Crippen LogP) is 2.73. The minimum absolute atomic E-state index is 0.146. The minimum Gasteiger partial charge on any atom is -0.382 e. The smallest absolute Gasteiger partial charge is 0.126 e. The molecule has 1 heterocycles. The Morgan fingerprint density at radius 1 is 1.33 bits per heavy atom. The summed E-state index contributed by atoms with van der Waals surface area (Å²) >= 11 is 0. The Balaban J connectivity index is 2.00. The molecule has 0 saturated carbocycles. The number of nitrogens with one attached hydrogen (secondary N) is 1. The lowest BCUT2D eigenvalue weighted by atomic mass is 10.1. The summed E-state index contributed by atoms with van der Waals surface area (Å²) in [6.45, 7) is 3.42. The molecule has 1 aromatic rings. The third kappa shape index (κ3) is 2.69. The van der Waals surface area contributed by atoms with Crippen molar-refractivity contribution in [1.29, 1.82) is 0 Å². The van der Waals surface area contributed by atoms with Gasteiger partial charge in [0, 0.05) is 24.9 Å². The van der Waals surface area contributed by atoms with E-state index in [-0.39, 0.29) is 5.82 Å². The third-order valence-corrected chi connectivity index (χ3v) is 2.75. The zero-order chi connectivity index (χ0) is 10.7. The van der Waals surface area contributed by atoms with Gasteiger partial charge in [-0.15, -0.1) is 0 Å². The first-order chi connectivity index (χ1) is 7.25. The highest BCUT2D eigenvalue weighted by molar-refractivity contribution is 5.46. The van der Waals surface area contributed by atoms with Crippen LogP contribution < -0.4 is 5.32 Å². The van der Waals surface area contributed by atoms with Crippen LogP contribution in [-0.2, 0) is 4.74 Å². The molecular weight excluding hydrogens is 193 g/mol. The molecule has 0 bridgehead atoms. The van der Waals surface area contributed by atoms with Gasteiger partial charge in [0.2, 0.25) is 0 Å². The van der Waals surface area contributed by atoms with Crippen molar-refractivity contribution in [3.63, 3.8) is 0 Å². The normalized spacial score (nSPS) is 17.7. The zero-order valence-electron chi connectivity index (χ0n) is 8.92. The molecule has 0 atom stereocenters. The third-order valence-electron chi connectivity index (χ3n) is 2.75. The van der Waals surface area contributed by atoms with Crippen molar-refractivity contribution in [2.24, 2.45) is 0 Å². The number of halogens is 1. The number of rotatable bonds is 2. The highest BCUT2D eigenvalue weighted by Crippen LogP contribution is 2.17. The number of benzene rings is 1. The molecule has 1 aliphatic rings. The summed E-state index contributed by atoms with van der Waals surface area (Å²) in [5, 5.41) is 3.40. The second-order valence-corrected chi connectivity index (χ2v) is 3.99. The van der Waals surface area contributed by atoms with Gasteiger partial charge < -0.3 is 10.1 Å². The zero-order valence-corrected chi connectivity index (χ0v) is 8.92. The lowest BCUT2D eigenvalue weighted by Crippen LogP contribution is -2.27. The molecule has 1 N–H and O–H groups in total. The molecule has 0 aliphatic carbocycles. The van der Waals surface area contributed by atoms with Crippen molar-refractivity contribution in [2.75, 3.05) is 18.5 Å². The molecule has 2 nitrogen and oxygen atoms in total. The Kier molecular flexibility index (Phi) is 3.21. The van der Waals surface area contributed by atoms with Gasteiger partial charge in [0.25, 0.3) is 0 Å². The maximum Gasteiger partial charge on any atom is 0.126 e. The molecule has 0 amide bonds. The maximum absolute atomic E-state index is 13.0. The van der Waals surface area contributed by atoms with Crippen molar-refractivity contribution < 1.29 is 9.13 Å². The molecule has 0 radical (unpaired) electrons. The molecule has 2 rings (SSSR count). The van der Waals surface area contributed by atoms with Gasteiger partial charge in [-0.25, -0.2) is 4.39 Å². The number of ether oxygens (including phenoxy) is 1. The van der Waals surface area contributed by atoms with E-state index in [1.54, 1.807) is 13.0 Å². The van der Waals surface area contributed by atoms with Gasteiger partial charge in [-0.3, -0.25) is 0 Å². The van der Waals surface area contributed by atoms with Crippen LogP contribution in [0.3, 0.4) is 0 Å². The van der Waals surface area contributed by atoms with E-state index in [0.29, 0.717) is 11.6 Å². The van der Waals surface area contributed by atoms with Gasteiger partial charge in [-0.1, -0.05) is 0 Å². The summed E-state index contributed by atoms with van der Waals surface area (Å²) in [4.78, 5) is 0. The fraction of sp³-hybridized carbons (Fsp3) is 0.500. The Labute approximate surface area is 89.4 Å². The van der Waals surface area contributed by atoms with E-state index < -0.39 is 0 Å². The molecule has 1 saturated heterocycles. The van der Waals surface area contributed by atoms with E-state index in [2.05, 4.69) is 5.32 Å². The first kappa shape index (κ1) is 10.4. The molecule has 1 aliphatic heterocycles. The molecule has 82 valence electrons. The van der Waals surface area contributed by atoms with Crippen LogP contribution in [0.2, 0.25) is 0 Å². The number of hydrogen-bond acceptors (Lipinski definition) is 2. The molecule has 15 heavy (non-hydrogen) atoms. The van der Waals surface area contributed by atoms with Crippen LogP contribution >= 0.6 is 0 Å².